The van der Waals surface area contributed by atoms with Crippen LogP contribution in [0.3, 0.4) is 0 Å². The lowest BCUT2D eigenvalue weighted by atomic mass is 10.0. The Hall–Kier alpha value is -1.24. The SMILES string of the molecule is C=C(C)c1ccc(OC(C)C)cc1C. The molecule has 0 aliphatic heterocycles. The number of benzene rings is 1. The Balaban J connectivity index is 2.94. The summed E-state index contributed by atoms with van der Waals surface area (Å²) in [6, 6.07) is 6.12. The first-order valence-electron chi connectivity index (χ1n) is 4.94. The van der Waals surface area contributed by atoms with Gasteiger partial charge in [0.2, 0.25) is 0 Å². The van der Waals surface area contributed by atoms with Gasteiger partial charge in [-0.3, -0.25) is 0 Å². The molecule has 0 spiro atoms. The van der Waals surface area contributed by atoms with Crippen molar-refractivity contribution < 1.29 is 4.74 Å². The Labute approximate surface area is 86.4 Å². The van der Waals surface area contributed by atoms with Crippen LogP contribution in [0.25, 0.3) is 5.57 Å². The van der Waals surface area contributed by atoms with Gasteiger partial charge in [0.1, 0.15) is 5.75 Å². The summed E-state index contributed by atoms with van der Waals surface area (Å²) in [4.78, 5) is 0. The van der Waals surface area contributed by atoms with Crippen LogP contribution in [-0.4, -0.2) is 6.10 Å². The second-order valence-corrected chi connectivity index (χ2v) is 3.92. The highest BCUT2D eigenvalue weighted by molar-refractivity contribution is 5.65. The highest BCUT2D eigenvalue weighted by Crippen LogP contribution is 2.22. The van der Waals surface area contributed by atoms with Crippen LogP contribution in [0.2, 0.25) is 0 Å². The molecule has 0 aliphatic rings. The molecular formula is C13H18O. The van der Waals surface area contributed by atoms with Gasteiger partial charge in [0.15, 0.2) is 0 Å². The van der Waals surface area contributed by atoms with E-state index in [1.807, 2.05) is 26.8 Å². The van der Waals surface area contributed by atoms with E-state index in [0.717, 1.165) is 11.3 Å². The molecule has 0 atom stereocenters. The third-order valence-electron chi connectivity index (χ3n) is 2.03. The van der Waals surface area contributed by atoms with Gasteiger partial charge in [-0.1, -0.05) is 18.2 Å². The summed E-state index contributed by atoms with van der Waals surface area (Å²) >= 11 is 0. The van der Waals surface area contributed by atoms with Crippen LogP contribution in [-0.2, 0) is 0 Å². The van der Waals surface area contributed by atoms with Gasteiger partial charge in [0.25, 0.3) is 0 Å². The van der Waals surface area contributed by atoms with Crippen molar-refractivity contribution in [1.82, 2.24) is 0 Å². The minimum atomic E-state index is 0.227. The second-order valence-electron chi connectivity index (χ2n) is 3.92. The number of aryl methyl sites for hydroxylation is 1. The largest absolute Gasteiger partial charge is 0.491 e. The minimum Gasteiger partial charge on any atom is -0.491 e. The zero-order valence-corrected chi connectivity index (χ0v) is 9.42. The molecule has 1 rings (SSSR count). The summed E-state index contributed by atoms with van der Waals surface area (Å²) in [7, 11) is 0. The normalized spacial score (nSPS) is 10.4. The monoisotopic (exact) mass is 190 g/mol. The summed E-state index contributed by atoms with van der Waals surface area (Å²) in [6.45, 7) is 12.1. The molecule has 14 heavy (non-hydrogen) atoms. The molecule has 1 aromatic carbocycles. The van der Waals surface area contributed by atoms with E-state index in [2.05, 4.69) is 25.6 Å². The lowest BCUT2D eigenvalue weighted by Gasteiger charge is -2.12. The van der Waals surface area contributed by atoms with E-state index in [1.165, 1.54) is 11.1 Å². The van der Waals surface area contributed by atoms with E-state index in [4.69, 9.17) is 4.74 Å². The molecule has 1 heteroatoms. The van der Waals surface area contributed by atoms with Crippen molar-refractivity contribution in [2.24, 2.45) is 0 Å². The third-order valence-corrected chi connectivity index (χ3v) is 2.03. The topological polar surface area (TPSA) is 9.23 Å². The van der Waals surface area contributed by atoms with E-state index in [9.17, 15) is 0 Å². The average molecular weight is 190 g/mol. The Bertz CT molecular complexity index is 337. The Morgan fingerprint density at radius 3 is 2.43 bits per heavy atom. The fraction of sp³-hybridized carbons (Fsp3) is 0.385. The smallest absolute Gasteiger partial charge is 0.119 e. The number of hydrogen-bond donors (Lipinski definition) is 0. The maximum atomic E-state index is 5.60. The molecule has 0 fully saturated rings. The molecule has 0 aliphatic carbocycles. The summed E-state index contributed by atoms with van der Waals surface area (Å²) < 4.78 is 5.60. The van der Waals surface area contributed by atoms with Gasteiger partial charge in [0, 0.05) is 0 Å². The standard InChI is InChI=1S/C13H18O/c1-9(2)13-7-6-12(8-11(13)5)14-10(3)4/h6-8,10H,1H2,2-5H3. The lowest BCUT2D eigenvalue weighted by Crippen LogP contribution is -2.05. The maximum Gasteiger partial charge on any atom is 0.119 e. The Morgan fingerprint density at radius 1 is 1.36 bits per heavy atom. The van der Waals surface area contributed by atoms with Gasteiger partial charge < -0.3 is 4.74 Å². The van der Waals surface area contributed by atoms with Gasteiger partial charge in [-0.05, 0) is 51.0 Å². The number of hydrogen-bond acceptors (Lipinski definition) is 1. The van der Waals surface area contributed by atoms with E-state index in [-0.39, 0.29) is 6.10 Å². The van der Waals surface area contributed by atoms with Gasteiger partial charge in [-0.25, -0.2) is 0 Å². The molecule has 76 valence electrons. The molecule has 1 nitrogen and oxygen atoms in total. The van der Waals surface area contributed by atoms with Crippen molar-refractivity contribution in [3.8, 4) is 5.75 Å². The number of rotatable bonds is 3. The maximum absolute atomic E-state index is 5.60. The van der Waals surface area contributed by atoms with E-state index < -0.39 is 0 Å². The van der Waals surface area contributed by atoms with Crippen LogP contribution in [0.4, 0.5) is 0 Å². The van der Waals surface area contributed by atoms with Crippen molar-refractivity contribution in [3.05, 3.63) is 35.9 Å². The Kier molecular flexibility index (Phi) is 3.34. The van der Waals surface area contributed by atoms with Crippen molar-refractivity contribution in [2.45, 2.75) is 33.8 Å². The van der Waals surface area contributed by atoms with Gasteiger partial charge in [-0.15, -0.1) is 0 Å². The van der Waals surface area contributed by atoms with E-state index in [0.29, 0.717) is 0 Å². The van der Waals surface area contributed by atoms with Crippen LogP contribution < -0.4 is 4.74 Å². The van der Waals surface area contributed by atoms with Crippen LogP contribution in [0, 0.1) is 6.92 Å². The number of ether oxygens (including phenoxy) is 1. The zero-order valence-electron chi connectivity index (χ0n) is 9.42. The summed E-state index contributed by atoms with van der Waals surface area (Å²) in [5.41, 5.74) is 3.52. The van der Waals surface area contributed by atoms with Crippen LogP contribution in [0.5, 0.6) is 5.75 Å². The molecule has 0 bridgehead atoms. The Morgan fingerprint density at radius 2 is 2.00 bits per heavy atom. The molecule has 1 aromatic rings. The fourth-order valence-corrected chi connectivity index (χ4v) is 1.46. The molecule has 0 saturated carbocycles. The molecule has 0 saturated heterocycles. The van der Waals surface area contributed by atoms with Crippen LogP contribution >= 0.6 is 0 Å². The van der Waals surface area contributed by atoms with Gasteiger partial charge >= 0.3 is 0 Å². The quantitative estimate of drug-likeness (QED) is 0.704. The first-order valence-corrected chi connectivity index (χ1v) is 4.94. The van der Waals surface area contributed by atoms with Crippen molar-refractivity contribution in [3.63, 3.8) is 0 Å². The number of allylic oxidation sites excluding steroid dienone is 1. The zero-order chi connectivity index (χ0) is 10.7. The lowest BCUT2D eigenvalue weighted by molar-refractivity contribution is 0.242. The molecular weight excluding hydrogens is 172 g/mol. The molecule has 0 unspecified atom stereocenters. The fourth-order valence-electron chi connectivity index (χ4n) is 1.46. The molecule has 0 heterocycles. The van der Waals surface area contributed by atoms with Crippen molar-refractivity contribution >= 4 is 5.57 Å². The summed E-state index contributed by atoms with van der Waals surface area (Å²) in [5.74, 6) is 0.933. The second kappa shape index (κ2) is 4.32. The molecule has 0 N–H and O–H groups in total. The van der Waals surface area contributed by atoms with Crippen molar-refractivity contribution in [1.29, 1.82) is 0 Å². The molecule has 0 amide bonds. The molecule has 0 aromatic heterocycles. The summed E-state index contributed by atoms with van der Waals surface area (Å²) in [6.07, 6.45) is 0.227. The van der Waals surface area contributed by atoms with Gasteiger partial charge in [-0.2, -0.15) is 0 Å². The van der Waals surface area contributed by atoms with E-state index >= 15 is 0 Å². The average Bonchev–Trinajstić information content (AvgIpc) is 2.01. The molecule has 0 radical (unpaired) electrons. The first-order chi connectivity index (χ1) is 6.50. The van der Waals surface area contributed by atoms with E-state index in [1.54, 1.807) is 0 Å². The third kappa shape index (κ3) is 2.63. The van der Waals surface area contributed by atoms with Crippen molar-refractivity contribution in [2.75, 3.05) is 0 Å². The first kappa shape index (κ1) is 10.8. The van der Waals surface area contributed by atoms with Gasteiger partial charge in [0.05, 0.1) is 6.10 Å². The predicted molar refractivity (Wildman–Crippen MR) is 61.7 cm³/mol. The highest BCUT2D eigenvalue weighted by Gasteiger charge is 2.02. The van der Waals surface area contributed by atoms with Crippen LogP contribution in [0.15, 0.2) is 24.8 Å². The summed E-state index contributed by atoms with van der Waals surface area (Å²) in [5, 5.41) is 0. The van der Waals surface area contributed by atoms with Crippen LogP contribution in [0.1, 0.15) is 31.9 Å². The highest BCUT2D eigenvalue weighted by atomic mass is 16.5. The predicted octanol–water partition coefficient (Wildman–Crippen LogP) is 3.82. The minimum absolute atomic E-state index is 0.227.